The highest BCUT2D eigenvalue weighted by molar-refractivity contribution is 7.21. The molecule has 0 N–H and O–H groups in total. The first-order valence-electron chi connectivity index (χ1n) is 9.27. The minimum absolute atomic E-state index is 0.0123. The molecule has 146 valence electrons. The highest BCUT2D eigenvalue weighted by atomic mass is 32.1. The number of ether oxygens (including phenoxy) is 2. The third kappa shape index (κ3) is 4.27. The number of amides is 1. The van der Waals surface area contributed by atoms with Gasteiger partial charge in [-0.05, 0) is 30.4 Å². The van der Waals surface area contributed by atoms with Crippen molar-refractivity contribution in [2.24, 2.45) is 0 Å². The molecular formula is C21H22N2O3S2. The summed E-state index contributed by atoms with van der Waals surface area (Å²) < 4.78 is 11.3. The maximum atomic E-state index is 13.3. The number of methoxy groups -OCH3 is 1. The fourth-order valence-electron chi connectivity index (χ4n) is 3.34. The molecule has 1 atom stereocenters. The number of thiophene rings is 1. The lowest BCUT2D eigenvalue weighted by Crippen LogP contribution is -2.36. The van der Waals surface area contributed by atoms with E-state index < -0.39 is 0 Å². The second kappa shape index (κ2) is 8.86. The number of rotatable bonds is 7. The summed E-state index contributed by atoms with van der Waals surface area (Å²) in [7, 11) is 1.65. The molecule has 7 heteroatoms. The van der Waals surface area contributed by atoms with E-state index >= 15 is 0 Å². The van der Waals surface area contributed by atoms with E-state index in [4.69, 9.17) is 9.47 Å². The average molecular weight is 415 g/mol. The van der Waals surface area contributed by atoms with E-state index in [-0.39, 0.29) is 12.0 Å². The van der Waals surface area contributed by atoms with Gasteiger partial charge in [-0.2, -0.15) is 0 Å². The summed E-state index contributed by atoms with van der Waals surface area (Å²) in [5.74, 6) is 0.776. The topological polar surface area (TPSA) is 51.7 Å². The monoisotopic (exact) mass is 414 g/mol. The molecule has 2 aromatic heterocycles. The normalized spacial score (nSPS) is 16.2. The number of carbonyl (C=O) groups is 1. The number of hydrogen-bond donors (Lipinski definition) is 0. The lowest BCUT2D eigenvalue weighted by Gasteiger charge is -2.25. The van der Waals surface area contributed by atoms with Crippen LogP contribution < -0.4 is 4.74 Å². The molecule has 1 unspecified atom stereocenters. The number of nitrogens with zero attached hydrogens (tertiary/aromatic N) is 2. The predicted molar refractivity (Wildman–Crippen MR) is 112 cm³/mol. The van der Waals surface area contributed by atoms with Crippen LogP contribution in [0.1, 0.15) is 28.1 Å². The summed E-state index contributed by atoms with van der Waals surface area (Å²) in [5, 5.41) is 2.90. The Balaban J connectivity index is 1.58. The zero-order valence-electron chi connectivity index (χ0n) is 15.7. The van der Waals surface area contributed by atoms with Crippen LogP contribution in [-0.4, -0.2) is 42.2 Å². The summed E-state index contributed by atoms with van der Waals surface area (Å²) >= 11 is 3.07. The van der Waals surface area contributed by atoms with Crippen molar-refractivity contribution in [3.8, 4) is 15.6 Å². The molecule has 0 radical (unpaired) electrons. The minimum atomic E-state index is -0.0123. The Kier molecular flexibility index (Phi) is 6.04. The molecule has 0 aliphatic carbocycles. The lowest BCUT2D eigenvalue weighted by atomic mass is 10.1. The van der Waals surface area contributed by atoms with Gasteiger partial charge in [0.1, 0.15) is 15.6 Å². The van der Waals surface area contributed by atoms with Crippen LogP contribution in [0.5, 0.6) is 5.75 Å². The predicted octanol–water partition coefficient (Wildman–Crippen LogP) is 4.70. The summed E-state index contributed by atoms with van der Waals surface area (Å²) in [6.07, 6.45) is 3.80. The molecule has 0 bridgehead atoms. The van der Waals surface area contributed by atoms with Crippen molar-refractivity contribution in [3.05, 3.63) is 58.4 Å². The summed E-state index contributed by atoms with van der Waals surface area (Å²) in [6.45, 7) is 1.82. The molecule has 3 heterocycles. The number of thiazole rings is 1. The van der Waals surface area contributed by atoms with Crippen LogP contribution in [0.15, 0.2) is 48.0 Å². The van der Waals surface area contributed by atoms with Gasteiger partial charge in [0.05, 0.1) is 24.3 Å². The van der Waals surface area contributed by atoms with Gasteiger partial charge >= 0.3 is 0 Å². The van der Waals surface area contributed by atoms with E-state index in [0.717, 1.165) is 40.6 Å². The van der Waals surface area contributed by atoms with Gasteiger partial charge in [0.25, 0.3) is 5.91 Å². The van der Waals surface area contributed by atoms with Gasteiger partial charge in [-0.15, -0.1) is 22.7 Å². The number of carbonyl (C=O) groups excluding carboxylic acids is 1. The molecule has 3 aromatic rings. The number of para-hydroxylation sites is 1. The van der Waals surface area contributed by atoms with E-state index in [1.165, 1.54) is 11.3 Å². The molecular weight excluding hydrogens is 392 g/mol. The van der Waals surface area contributed by atoms with Gasteiger partial charge in [0, 0.05) is 25.3 Å². The summed E-state index contributed by atoms with van der Waals surface area (Å²) in [6, 6.07) is 11.8. The molecule has 1 aromatic carbocycles. The lowest BCUT2D eigenvalue weighted by molar-refractivity contribution is 0.0509. The highest BCUT2D eigenvalue weighted by Crippen LogP contribution is 2.30. The van der Waals surface area contributed by atoms with Crippen molar-refractivity contribution < 1.29 is 14.3 Å². The van der Waals surface area contributed by atoms with E-state index in [2.05, 4.69) is 4.98 Å². The molecule has 1 aliphatic rings. The Morgan fingerprint density at radius 2 is 2.21 bits per heavy atom. The molecule has 1 aliphatic heterocycles. The largest absolute Gasteiger partial charge is 0.496 e. The average Bonchev–Trinajstić information content (AvgIpc) is 3.49. The molecule has 5 nitrogen and oxygen atoms in total. The van der Waals surface area contributed by atoms with Crippen LogP contribution in [0.2, 0.25) is 0 Å². The molecule has 1 fully saturated rings. The number of hydrogen-bond acceptors (Lipinski definition) is 6. The molecule has 28 heavy (non-hydrogen) atoms. The maximum Gasteiger partial charge on any atom is 0.265 e. The molecule has 0 spiro atoms. The van der Waals surface area contributed by atoms with Crippen molar-refractivity contribution in [1.29, 1.82) is 0 Å². The first kappa shape index (κ1) is 19.1. The van der Waals surface area contributed by atoms with Gasteiger partial charge in [-0.3, -0.25) is 4.79 Å². The van der Waals surface area contributed by atoms with E-state index in [0.29, 0.717) is 18.0 Å². The Morgan fingerprint density at radius 3 is 2.96 bits per heavy atom. The van der Waals surface area contributed by atoms with Gasteiger partial charge in [0.2, 0.25) is 0 Å². The van der Waals surface area contributed by atoms with Crippen LogP contribution in [-0.2, 0) is 11.3 Å². The van der Waals surface area contributed by atoms with Crippen LogP contribution in [0.3, 0.4) is 0 Å². The van der Waals surface area contributed by atoms with E-state index in [1.54, 1.807) is 24.6 Å². The van der Waals surface area contributed by atoms with Gasteiger partial charge in [-0.25, -0.2) is 4.98 Å². The first-order valence-corrected chi connectivity index (χ1v) is 11.0. The van der Waals surface area contributed by atoms with Crippen molar-refractivity contribution in [3.63, 3.8) is 0 Å². The smallest absolute Gasteiger partial charge is 0.265 e. The Morgan fingerprint density at radius 1 is 1.32 bits per heavy atom. The van der Waals surface area contributed by atoms with Crippen LogP contribution in [0.25, 0.3) is 9.88 Å². The second-order valence-corrected chi connectivity index (χ2v) is 8.62. The van der Waals surface area contributed by atoms with Gasteiger partial charge < -0.3 is 14.4 Å². The number of aromatic nitrogens is 1. The summed E-state index contributed by atoms with van der Waals surface area (Å²) in [5.41, 5.74) is 0.986. The molecule has 4 rings (SSSR count). The fourth-order valence-corrected chi connectivity index (χ4v) is 5.02. The SMILES string of the molecule is COc1ccccc1CN(CC1CCCO1)C(=O)c1cnc(-c2cccs2)s1. The van der Waals surface area contributed by atoms with E-state index in [9.17, 15) is 4.79 Å². The third-order valence-electron chi connectivity index (χ3n) is 4.74. The van der Waals surface area contributed by atoms with Crippen LogP contribution >= 0.6 is 22.7 Å². The van der Waals surface area contributed by atoms with Gasteiger partial charge in [0.15, 0.2) is 0 Å². The first-order chi connectivity index (χ1) is 13.7. The Bertz CT molecular complexity index is 917. The standard InChI is InChI=1S/C21H22N2O3S2/c1-25-17-8-3-2-6-15(17)13-23(14-16-7-4-10-26-16)21(24)19-12-22-20(28-19)18-9-5-11-27-18/h2-3,5-6,8-9,11-12,16H,4,7,10,13-14H2,1H3. The highest BCUT2D eigenvalue weighted by Gasteiger charge is 2.26. The van der Waals surface area contributed by atoms with E-state index in [1.807, 2.05) is 46.7 Å². The fraction of sp³-hybridized carbons (Fsp3) is 0.333. The number of benzene rings is 1. The Hall–Kier alpha value is -2.22. The van der Waals surface area contributed by atoms with Crippen LogP contribution in [0.4, 0.5) is 0 Å². The zero-order chi connectivity index (χ0) is 19.3. The van der Waals surface area contributed by atoms with Crippen molar-refractivity contribution >= 4 is 28.6 Å². The molecule has 0 saturated carbocycles. The van der Waals surface area contributed by atoms with Crippen molar-refractivity contribution in [2.45, 2.75) is 25.5 Å². The van der Waals surface area contributed by atoms with Crippen LogP contribution in [0, 0.1) is 0 Å². The second-order valence-electron chi connectivity index (χ2n) is 6.64. The quantitative estimate of drug-likeness (QED) is 0.562. The van der Waals surface area contributed by atoms with Crippen molar-refractivity contribution in [1.82, 2.24) is 9.88 Å². The minimum Gasteiger partial charge on any atom is -0.496 e. The van der Waals surface area contributed by atoms with Gasteiger partial charge in [-0.1, -0.05) is 24.3 Å². The molecule has 1 saturated heterocycles. The van der Waals surface area contributed by atoms with Crippen molar-refractivity contribution in [2.75, 3.05) is 20.3 Å². The maximum absolute atomic E-state index is 13.3. The molecule has 1 amide bonds. The zero-order valence-corrected chi connectivity index (χ0v) is 17.3. The summed E-state index contributed by atoms with van der Waals surface area (Å²) in [4.78, 5) is 21.4. The Labute approximate surface area is 172 Å². The third-order valence-corrected chi connectivity index (χ3v) is 6.76.